The topological polar surface area (TPSA) is 91.6 Å². The zero-order valence-electron chi connectivity index (χ0n) is 14.1. The molecule has 0 spiro atoms. The first-order chi connectivity index (χ1) is 11.5. The minimum absolute atomic E-state index is 0.00220. The summed E-state index contributed by atoms with van der Waals surface area (Å²) in [4.78, 5) is 31.2. The number of carbonyl (C=O) groups excluding carboxylic acids is 1. The molecule has 130 valence electrons. The number of nitrogens with zero attached hydrogens (tertiary/aromatic N) is 4. The average Bonchev–Trinajstić information content (AvgIpc) is 2.87. The summed E-state index contributed by atoms with van der Waals surface area (Å²) in [5.74, 6) is 0.549. The van der Waals surface area contributed by atoms with E-state index >= 15 is 0 Å². The maximum Gasteiger partial charge on any atom is 0.314 e. The molecule has 24 heavy (non-hydrogen) atoms. The van der Waals surface area contributed by atoms with Gasteiger partial charge in [-0.15, -0.1) is 0 Å². The molecule has 0 bridgehead atoms. The monoisotopic (exact) mass is 333 g/mol. The molecule has 0 aromatic carbocycles. The summed E-state index contributed by atoms with van der Waals surface area (Å²) < 4.78 is 0. The number of rotatable bonds is 4. The van der Waals surface area contributed by atoms with E-state index in [9.17, 15) is 14.9 Å². The Kier molecular flexibility index (Phi) is 4.66. The van der Waals surface area contributed by atoms with Crippen molar-refractivity contribution in [2.24, 2.45) is 0 Å². The Morgan fingerprint density at radius 1 is 1.29 bits per heavy atom. The first kappa shape index (κ1) is 16.6. The highest BCUT2D eigenvalue weighted by Gasteiger charge is 2.36. The Hall–Kier alpha value is -2.22. The molecule has 1 amide bonds. The maximum atomic E-state index is 12.1. The molecule has 1 N–H and O–H groups in total. The van der Waals surface area contributed by atoms with Gasteiger partial charge in [0.15, 0.2) is 0 Å². The summed E-state index contributed by atoms with van der Waals surface area (Å²) in [7, 11) is 1.85. The number of pyridine rings is 1. The summed E-state index contributed by atoms with van der Waals surface area (Å²) in [6.45, 7) is 4.18. The van der Waals surface area contributed by atoms with Gasteiger partial charge in [-0.3, -0.25) is 19.8 Å². The predicted molar refractivity (Wildman–Crippen MR) is 89.9 cm³/mol. The van der Waals surface area contributed by atoms with Crippen LogP contribution >= 0.6 is 0 Å². The van der Waals surface area contributed by atoms with Gasteiger partial charge in [-0.05, 0) is 32.3 Å². The third kappa shape index (κ3) is 3.19. The van der Waals surface area contributed by atoms with Crippen molar-refractivity contribution in [1.29, 1.82) is 0 Å². The highest BCUT2D eigenvalue weighted by molar-refractivity contribution is 5.83. The molecule has 2 aliphatic rings. The minimum Gasteiger partial charge on any atom is -0.362 e. The molecular formula is C16H23N5O3. The Morgan fingerprint density at radius 3 is 2.58 bits per heavy atom. The fourth-order valence-corrected chi connectivity index (χ4v) is 3.58. The van der Waals surface area contributed by atoms with Crippen LogP contribution in [0.15, 0.2) is 12.3 Å². The van der Waals surface area contributed by atoms with Crippen LogP contribution in [0.3, 0.4) is 0 Å². The maximum absolute atomic E-state index is 12.1. The largest absolute Gasteiger partial charge is 0.362 e. The smallest absolute Gasteiger partial charge is 0.314 e. The number of nitrogens with one attached hydrogen (secondary N) is 1. The number of anilines is 1. The lowest BCUT2D eigenvalue weighted by Gasteiger charge is -2.35. The van der Waals surface area contributed by atoms with E-state index in [0.29, 0.717) is 11.4 Å². The second-order valence-electron chi connectivity index (χ2n) is 6.60. The molecule has 3 heterocycles. The quantitative estimate of drug-likeness (QED) is 0.661. The van der Waals surface area contributed by atoms with E-state index < -0.39 is 0 Å². The Labute approximate surface area is 141 Å². The molecule has 1 aromatic heterocycles. The van der Waals surface area contributed by atoms with Crippen LogP contribution in [0.5, 0.6) is 0 Å². The predicted octanol–water partition coefficient (Wildman–Crippen LogP) is 1.41. The molecule has 8 nitrogen and oxygen atoms in total. The van der Waals surface area contributed by atoms with E-state index in [1.807, 2.05) is 7.05 Å². The third-order valence-electron chi connectivity index (χ3n) is 5.02. The standard InChI is InChI=1S/C16H23N5O3/c1-11-3-7-17-15(14(11)21(23)24)18-12-4-9-20(10-5-12)13-6-8-19(2)16(13)22/h3,7,12-13H,4-6,8-10H2,1-2H3,(H,17,18)/t13-/m1/s1. The Bertz CT molecular complexity index is 643. The number of amides is 1. The zero-order valence-corrected chi connectivity index (χ0v) is 14.1. The van der Waals surface area contributed by atoms with Crippen molar-refractivity contribution >= 4 is 17.4 Å². The number of aromatic nitrogens is 1. The molecule has 8 heteroatoms. The van der Waals surface area contributed by atoms with Crippen LogP contribution in [-0.2, 0) is 4.79 Å². The van der Waals surface area contributed by atoms with Crippen molar-refractivity contribution in [2.75, 3.05) is 32.0 Å². The molecular weight excluding hydrogens is 310 g/mol. The summed E-state index contributed by atoms with van der Waals surface area (Å²) in [6, 6.07) is 1.79. The lowest BCUT2D eigenvalue weighted by Crippen LogP contribution is -2.47. The van der Waals surface area contributed by atoms with E-state index in [2.05, 4.69) is 15.2 Å². The van der Waals surface area contributed by atoms with Crippen molar-refractivity contribution < 1.29 is 9.72 Å². The Morgan fingerprint density at radius 2 is 2.00 bits per heavy atom. The number of carbonyl (C=O) groups is 1. The molecule has 0 aliphatic carbocycles. The number of hydrogen-bond donors (Lipinski definition) is 1. The van der Waals surface area contributed by atoms with Crippen LogP contribution in [-0.4, -0.2) is 64.4 Å². The number of hydrogen-bond acceptors (Lipinski definition) is 6. The van der Waals surface area contributed by atoms with Crippen molar-refractivity contribution in [3.05, 3.63) is 27.9 Å². The number of piperidine rings is 1. The SMILES string of the molecule is Cc1ccnc(NC2CCN([C@@H]3CCN(C)C3=O)CC2)c1[N+](=O)[O-]. The van der Waals surface area contributed by atoms with Gasteiger partial charge in [0.2, 0.25) is 11.7 Å². The van der Waals surface area contributed by atoms with Crippen molar-refractivity contribution in [1.82, 2.24) is 14.8 Å². The van der Waals surface area contributed by atoms with Crippen LogP contribution in [0.1, 0.15) is 24.8 Å². The summed E-state index contributed by atoms with van der Waals surface area (Å²) >= 11 is 0. The van der Waals surface area contributed by atoms with Crippen LogP contribution in [0.2, 0.25) is 0 Å². The van der Waals surface area contributed by atoms with Crippen LogP contribution in [0.25, 0.3) is 0 Å². The number of nitro groups is 1. The van der Waals surface area contributed by atoms with Crippen molar-refractivity contribution in [3.8, 4) is 0 Å². The van der Waals surface area contributed by atoms with E-state index in [-0.39, 0.29) is 28.6 Å². The Balaban J connectivity index is 1.61. The van der Waals surface area contributed by atoms with Gasteiger partial charge in [-0.2, -0.15) is 0 Å². The highest BCUT2D eigenvalue weighted by Crippen LogP contribution is 2.28. The summed E-state index contributed by atoms with van der Waals surface area (Å²) in [5, 5.41) is 14.5. The average molecular weight is 333 g/mol. The number of likely N-dealkylation sites (tertiary alicyclic amines) is 2. The molecule has 2 saturated heterocycles. The first-order valence-corrected chi connectivity index (χ1v) is 8.33. The molecule has 1 atom stereocenters. The lowest BCUT2D eigenvalue weighted by molar-refractivity contribution is -0.384. The molecule has 0 unspecified atom stereocenters. The van der Waals surface area contributed by atoms with E-state index in [1.54, 1.807) is 24.1 Å². The summed E-state index contributed by atoms with van der Waals surface area (Å²) in [6.07, 6.45) is 4.17. The third-order valence-corrected chi connectivity index (χ3v) is 5.02. The highest BCUT2D eigenvalue weighted by atomic mass is 16.6. The molecule has 2 fully saturated rings. The van der Waals surface area contributed by atoms with Crippen LogP contribution < -0.4 is 5.32 Å². The molecule has 0 saturated carbocycles. The van der Waals surface area contributed by atoms with Gasteiger partial charge >= 0.3 is 5.69 Å². The van der Waals surface area contributed by atoms with Gasteiger partial charge in [0, 0.05) is 44.5 Å². The van der Waals surface area contributed by atoms with Gasteiger partial charge in [0.05, 0.1) is 11.0 Å². The molecule has 2 aliphatic heterocycles. The number of likely N-dealkylation sites (N-methyl/N-ethyl adjacent to an activating group) is 1. The normalized spacial score (nSPS) is 22.8. The zero-order chi connectivity index (χ0) is 17.3. The minimum atomic E-state index is -0.382. The van der Waals surface area contributed by atoms with Crippen LogP contribution in [0.4, 0.5) is 11.5 Å². The first-order valence-electron chi connectivity index (χ1n) is 8.33. The van der Waals surface area contributed by atoms with Crippen molar-refractivity contribution in [3.63, 3.8) is 0 Å². The fraction of sp³-hybridized carbons (Fsp3) is 0.625. The van der Waals surface area contributed by atoms with Crippen molar-refractivity contribution in [2.45, 2.75) is 38.3 Å². The molecule has 3 rings (SSSR count). The van der Waals surface area contributed by atoms with Gasteiger partial charge in [0.25, 0.3) is 0 Å². The summed E-state index contributed by atoms with van der Waals surface area (Å²) in [5.41, 5.74) is 0.655. The van der Waals surface area contributed by atoms with E-state index in [4.69, 9.17) is 0 Å². The second-order valence-corrected chi connectivity index (χ2v) is 6.60. The van der Waals surface area contributed by atoms with Crippen LogP contribution in [0, 0.1) is 17.0 Å². The van der Waals surface area contributed by atoms with Gasteiger partial charge in [-0.1, -0.05) is 0 Å². The van der Waals surface area contributed by atoms with E-state index in [1.165, 1.54) is 0 Å². The molecule has 1 aromatic rings. The second kappa shape index (κ2) is 6.72. The fourth-order valence-electron chi connectivity index (χ4n) is 3.58. The van der Waals surface area contributed by atoms with E-state index in [0.717, 1.165) is 38.9 Å². The van der Waals surface area contributed by atoms with Gasteiger partial charge in [-0.25, -0.2) is 4.98 Å². The lowest BCUT2D eigenvalue weighted by atomic mass is 10.0. The van der Waals surface area contributed by atoms with Gasteiger partial charge < -0.3 is 10.2 Å². The molecule has 0 radical (unpaired) electrons. The van der Waals surface area contributed by atoms with Gasteiger partial charge in [0.1, 0.15) is 0 Å². The number of aryl methyl sites for hydroxylation is 1.